The molecular formula is C18H28ClNO. The lowest BCUT2D eigenvalue weighted by molar-refractivity contribution is 0.0883. The minimum Gasteiger partial charge on any atom is -0.302 e. The van der Waals surface area contributed by atoms with Crippen LogP contribution in [-0.2, 0) is 0 Å². The van der Waals surface area contributed by atoms with Crippen molar-refractivity contribution in [2.45, 2.75) is 66.0 Å². The van der Waals surface area contributed by atoms with Crippen LogP contribution in [0.3, 0.4) is 0 Å². The van der Waals surface area contributed by atoms with E-state index in [0.29, 0.717) is 10.6 Å². The van der Waals surface area contributed by atoms with Crippen molar-refractivity contribution in [3.63, 3.8) is 0 Å². The van der Waals surface area contributed by atoms with Crippen LogP contribution in [0.4, 0.5) is 0 Å². The summed E-state index contributed by atoms with van der Waals surface area (Å²) < 4.78 is 8.57. The Labute approximate surface area is 135 Å². The molecule has 0 radical (unpaired) electrons. The summed E-state index contributed by atoms with van der Waals surface area (Å²) in [5.41, 5.74) is 1.23. The molecule has 0 heterocycles. The van der Waals surface area contributed by atoms with E-state index < -0.39 is 6.04 Å². The van der Waals surface area contributed by atoms with Crippen molar-refractivity contribution in [1.29, 1.82) is 0 Å². The Morgan fingerprint density at radius 2 is 1.95 bits per heavy atom. The summed E-state index contributed by atoms with van der Waals surface area (Å²) in [7, 11) is 0. The molecule has 0 bridgehead atoms. The Morgan fingerprint density at radius 1 is 1.38 bits per heavy atom. The lowest BCUT2D eigenvalue weighted by atomic mass is 9.88. The van der Waals surface area contributed by atoms with Crippen molar-refractivity contribution in [1.82, 2.24) is 5.31 Å². The van der Waals surface area contributed by atoms with Gasteiger partial charge in [0, 0.05) is 16.1 Å². The minimum absolute atomic E-state index is 0.0278. The van der Waals surface area contributed by atoms with Gasteiger partial charge in [-0.2, -0.15) is 0 Å². The van der Waals surface area contributed by atoms with Gasteiger partial charge in [-0.3, -0.25) is 4.79 Å². The number of nitrogens with one attached hydrogen (secondary N) is 1. The number of ketones is 1. The van der Waals surface area contributed by atoms with Gasteiger partial charge in [-0.1, -0.05) is 51.4 Å². The second-order valence-electron chi connectivity index (χ2n) is 6.35. The van der Waals surface area contributed by atoms with Gasteiger partial charge in [0.1, 0.15) is 1.41 Å². The van der Waals surface area contributed by atoms with Crippen LogP contribution in [0.15, 0.2) is 18.2 Å². The third-order valence-corrected chi connectivity index (χ3v) is 4.74. The highest BCUT2D eigenvalue weighted by molar-refractivity contribution is 6.31. The summed E-state index contributed by atoms with van der Waals surface area (Å²) in [6.45, 7) is 12.1. The number of carbonyl (C=O) groups excluding carboxylic acids is 1. The standard InChI is InChI=1S/C18H28ClNO/c1-7-18(6,8-2)20-16(12(3)4)17(21)14-10-9-13(5)15(19)11-14/h9-12,16,20H,7-8H2,1-6H3/i/hD. The number of benzene rings is 1. The normalized spacial score (nSPS) is 14.4. The molecule has 0 spiro atoms. The molecule has 1 rings (SSSR count). The zero-order valence-electron chi connectivity index (χ0n) is 15.0. The summed E-state index contributed by atoms with van der Waals surface area (Å²) in [5.74, 6) is 0.0301. The van der Waals surface area contributed by atoms with Gasteiger partial charge in [0.15, 0.2) is 5.78 Å². The summed E-state index contributed by atoms with van der Waals surface area (Å²) in [4.78, 5) is 12.9. The average molecular weight is 311 g/mol. The highest BCUT2D eigenvalue weighted by Gasteiger charge is 2.30. The van der Waals surface area contributed by atoms with Crippen molar-refractivity contribution in [2.75, 3.05) is 0 Å². The van der Waals surface area contributed by atoms with Crippen LogP contribution in [0.5, 0.6) is 0 Å². The second kappa shape index (κ2) is 7.42. The molecule has 1 N–H and O–H groups in total. The first-order chi connectivity index (χ1) is 10.2. The number of halogens is 1. The zero-order chi connectivity index (χ0) is 17.1. The van der Waals surface area contributed by atoms with Gasteiger partial charge < -0.3 is 5.31 Å². The Bertz CT molecular complexity index is 526. The van der Waals surface area contributed by atoms with E-state index in [2.05, 4.69) is 13.8 Å². The maximum absolute atomic E-state index is 12.9. The molecule has 3 heteroatoms. The van der Waals surface area contributed by atoms with Gasteiger partial charge >= 0.3 is 0 Å². The Morgan fingerprint density at radius 3 is 2.38 bits per heavy atom. The topological polar surface area (TPSA) is 29.1 Å². The molecule has 0 aromatic heterocycles. The second-order valence-corrected chi connectivity index (χ2v) is 6.76. The van der Waals surface area contributed by atoms with Gasteiger partial charge in [0.05, 0.1) is 6.04 Å². The molecule has 1 aromatic rings. The SMILES string of the molecule is [2H]N(C(C(=O)c1ccc(C)c(Cl)c1)C(C)C)C(C)(CC)CC. The quantitative estimate of drug-likeness (QED) is 0.716. The lowest BCUT2D eigenvalue weighted by Crippen LogP contribution is -2.53. The molecule has 0 aliphatic carbocycles. The fraction of sp³-hybridized carbons (Fsp3) is 0.611. The van der Waals surface area contributed by atoms with Gasteiger partial charge in [-0.05, 0) is 44.2 Å². The molecule has 0 saturated heterocycles. The predicted octanol–water partition coefficient (Wildman–Crippen LogP) is 5.02. The first-order valence-corrected chi connectivity index (χ1v) is 8.14. The lowest BCUT2D eigenvalue weighted by Gasteiger charge is -2.35. The van der Waals surface area contributed by atoms with Crippen LogP contribution in [0.25, 0.3) is 0 Å². The van der Waals surface area contributed by atoms with Crippen LogP contribution in [0, 0.1) is 12.8 Å². The molecule has 0 fully saturated rings. The van der Waals surface area contributed by atoms with E-state index in [1.54, 1.807) is 6.07 Å². The van der Waals surface area contributed by atoms with Gasteiger partial charge in [0.2, 0.25) is 0 Å². The Kier molecular flexibility index (Phi) is 5.83. The van der Waals surface area contributed by atoms with Crippen LogP contribution in [0.2, 0.25) is 6.43 Å². The van der Waals surface area contributed by atoms with E-state index in [-0.39, 0.29) is 17.2 Å². The number of carbonyl (C=O) groups is 1. The van der Waals surface area contributed by atoms with Crippen molar-refractivity contribution in [3.8, 4) is 0 Å². The predicted molar refractivity (Wildman–Crippen MR) is 91.3 cm³/mol. The molecule has 118 valence electrons. The van der Waals surface area contributed by atoms with E-state index in [1.165, 1.54) is 5.31 Å². The van der Waals surface area contributed by atoms with E-state index in [9.17, 15) is 4.79 Å². The third kappa shape index (κ3) is 4.55. The van der Waals surface area contributed by atoms with Crippen molar-refractivity contribution >= 4 is 17.4 Å². The maximum Gasteiger partial charge on any atom is 0.180 e. The van der Waals surface area contributed by atoms with Gasteiger partial charge in [-0.15, -0.1) is 0 Å². The molecule has 0 aliphatic rings. The number of aryl methyl sites for hydroxylation is 1. The van der Waals surface area contributed by atoms with E-state index in [0.717, 1.165) is 18.4 Å². The fourth-order valence-corrected chi connectivity index (χ4v) is 2.38. The first-order valence-electron chi connectivity index (χ1n) is 8.21. The van der Waals surface area contributed by atoms with Gasteiger partial charge in [-0.25, -0.2) is 0 Å². The first kappa shape index (κ1) is 16.5. The summed E-state index contributed by atoms with van der Waals surface area (Å²) in [5, 5.41) is 2.10. The highest BCUT2D eigenvalue weighted by atomic mass is 35.5. The van der Waals surface area contributed by atoms with Crippen LogP contribution in [-0.4, -0.2) is 17.4 Å². The molecule has 1 aromatic carbocycles. The molecule has 1 unspecified atom stereocenters. The van der Waals surface area contributed by atoms with E-state index in [1.807, 2.05) is 39.8 Å². The molecule has 0 saturated carbocycles. The molecule has 0 aliphatic heterocycles. The van der Waals surface area contributed by atoms with Crippen molar-refractivity contribution < 1.29 is 6.21 Å². The number of hydrogen-bond donors (Lipinski definition) is 1. The molecular weight excluding hydrogens is 282 g/mol. The maximum atomic E-state index is 12.9. The fourth-order valence-electron chi connectivity index (χ4n) is 2.20. The minimum atomic E-state index is -0.469. The number of Topliss-reactive ketones (excluding diaryl/α,β-unsaturated/α-hetero) is 1. The summed E-state index contributed by atoms with van der Waals surface area (Å²) in [6.07, 6.45) is 1.66. The Hall–Kier alpha value is -0.860. The smallest absolute Gasteiger partial charge is 0.180 e. The van der Waals surface area contributed by atoms with Crippen LogP contribution < -0.4 is 5.31 Å². The number of rotatable bonds is 7. The van der Waals surface area contributed by atoms with Crippen LogP contribution in [0.1, 0.15) is 63.4 Å². The zero-order valence-corrected chi connectivity index (χ0v) is 14.8. The molecule has 2 nitrogen and oxygen atoms in total. The monoisotopic (exact) mass is 310 g/mol. The summed E-state index contributed by atoms with van der Waals surface area (Å²) >= 11 is 6.15. The molecule has 1 atom stereocenters. The summed E-state index contributed by atoms with van der Waals surface area (Å²) in [6, 6.07) is 4.92. The van der Waals surface area contributed by atoms with Crippen LogP contribution >= 0.6 is 11.6 Å². The van der Waals surface area contributed by atoms with E-state index >= 15 is 0 Å². The van der Waals surface area contributed by atoms with Crippen molar-refractivity contribution in [3.05, 3.63) is 34.3 Å². The molecule has 0 amide bonds. The Balaban J connectivity index is 3.19. The highest BCUT2D eigenvalue weighted by Crippen LogP contribution is 2.22. The van der Waals surface area contributed by atoms with Crippen molar-refractivity contribution in [2.24, 2.45) is 5.92 Å². The number of hydrogen-bond acceptors (Lipinski definition) is 2. The average Bonchev–Trinajstić information content (AvgIpc) is 2.48. The largest absolute Gasteiger partial charge is 0.302 e. The molecule has 21 heavy (non-hydrogen) atoms. The third-order valence-electron chi connectivity index (χ3n) is 4.33. The van der Waals surface area contributed by atoms with E-state index in [4.69, 9.17) is 13.0 Å². The van der Waals surface area contributed by atoms with Gasteiger partial charge in [0.25, 0.3) is 0 Å².